The van der Waals surface area contributed by atoms with E-state index < -0.39 is 0 Å². The SMILES string of the molecule is CC1OCCC1C(=O)NCCCN1CCC(O)CC1. The fourth-order valence-electron chi connectivity index (χ4n) is 2.86. The molecule has 110 valence electrons. The van der Waals surface area contributed by atoms with E-state index >= 15 is 0 Å². The maximum atomic E-state index is 11.9. The smallest absolute Gasteiger partial charge is 0.225 e. The van der Waals surface area contributed by atoms with Crippen LogP contribution in [0, 0.1) is 5.92 Å². The van der Waals surface area contributed by atoms with E-state index in [-0.39, 0.29) is 24.0 Å². The van der Waals surface area contributed by atoms with Gasteiger partial charge in [0.2, 0.25) is 5.91 Å². The maximum Gasteiger partial charge on any atom is 0.225 e. The van der Waals surface area contributed by atoms with Crippen molar-refractivity contribution in [3.63, 3.8) is 0 Å². The van der Waals surface area contributed by atoms with Crippen molar-refractivity contribution in [3.05, 3.63) is 0 Å². The van der Waals surface area contributed by atoms with E-state index in [2.05, 4.69) is 10.2 Å². The van der Waals surface area contributed by atoms with Gasteiger partial charge in [-0.2, -0.15) is 0 Å². The molecule has 0 bridgehead atoms. The van der Waals surface area contributed by atoms with Crippen molar-refractivity contribution in [1.29, 1.82) is 0 Å². The first-order valence-electron chi connectivity index (χ1n) is 7.46. The van der Waals surface area contributed by atoms with Crippen molar-refractivity contribution >= 4 is 5.91 Å². The molecule has 2 rings (SSSR count). The van der Waals surface area contributed by atoms with Crippen LogP contribution in [0.15, 0.2) is 0 Å². The lowest BCUT2D eigenvalue weighted by molar-refractivity contribution is -0.126. The Balaban J connectivity index is 1.55. The number of amides is 1. The molecule has 5 nitrogen and oxygen atoms in total. The Kier molecular flexibility index (Phi) is 5.60. The van der Waals surface area contributed by atoms with E-state index in [1.807, 2.05) is 6.92 Å². The highest BCUT2D eigenvalue weighted by Gasteiger charge is 2.30. The molecule has 19 heavy (non-hydrogen) atoms. The predicted molar refractivity (Wildman–Crippen MR) is 72.8 cm³/mol. The summed E-state index contributed by atoms with van der Waals surface area (Å²) >= 11 is 0. The number of nitrogens with zero attached hydrogens (tertiary/aromatic N) is 1. The number of aliphatic hydroxyl groups is 1. The Labute approximate surface area is 115 Å². The molecule has 5 heteroatoms. The molecule has 0 aliphatic carbocycles. The summed E-state index contributed by atoms with van der Waals surface area (Å²) in [4.78, 5) is 14.3. The standard InChI is InChI=1S/C14H26N2O3/c1-11-13(5-10-19-11)14(18)15-6-2-7-16-8-3-12(17)4-9-16/h11-13,17H,2-10H2,1H3,(H,15,18). The highest BCUT2D eigenvalue weighted by Crippen LogP contribution is 2.20. The molecule has 2 aliphatic rings. The second kappa shape index (κ2) is 7.22. The second-order valence-corrected chi connectivity index (χ2v) is 5.69. The molecule has 0 aromatic heterocycles. The van der Waals surface area contributed by atoms with Crippen LogP contribution < -0.4 is 5.32 Å². The zero-order valence-corrected chi connectivity index (χ0v) is 11.8. The number of hydrogen-bond donors (Lipinski definition) is 2. The predicted octanol–water partition coefficient (Wildman–Crippen LogP) is 0.374. The van der Waals surface area contributed by atoms with Crippen molar-refractivity contribution in [2.24, 2.45) is 5.92 Å². The molecular formula is C14H26N2O3. The second-order valence-electron chi connectivity index (χ2n) is 5.69. The Morgan fingerprint density at radius 1 is 1.37 bits per heavy atom. The van der Waals surface area contributed by atoms with E-state index in [0.29, 0.717) is 6.61 Å². The number of carbonyl (C=O) groups excluding carboxylic acids is 1. The number of piperidine rings is 1. The molecule has 0 aromatic rings. The van der Waals surface area contributed by atoms with Gasteiger partial charge in [0.1, 0.15) is 0 Å². The first-order chi connectivity index (χ1) is 9.16. The van der Waals surface area contributed by atoms with E-state index in [4.69, 9.17) is 4.74 Å². The van der Waals surface area contributed by atoms with E-state index in [0.717, 1.165) is 51.9 Å². The van der Waals surface area contributed by atoms with Crippen molar-refractivity contribution in [2.45, 2.75) is 44.8 Å². The molecule has 2 atom stereocenters. The van der Waals surface area contributed by atoms with Gasteiger partial charge in [-0.25, -0.2) is 0 Å². The van der Waals surface area contributed by atoms with Crippen LogP contribution in [0.2, 0.25) is 0 Å². The number of rotatable bonds is 5. The number of nitrogens with one attached hydrogen (secondary N) is 1. The molecule has 2 fully saturated rings. The quantitative estimate of drug-likeness (QED) is 0.709. The fraction of sp³-hybridized carbons (Fsp3) is 0.929. The van der Waals surface area contributed by atoms with Gasteiger partial charge in [-0.15, -0.1) is 0 Å². The third-order valence-corrected chi connectivity index (χ3v) is 4.22. The Morgan fingerprint density at radius 3 is 2.74 bits per heavy atom. The van der Waals surface area contributed by atoms with Crippen LogP contribution in [0.1, 0.15) is 32.6 Å². The largest absolute Gasteiger partial charge is 0.393 e. The third-order valence-electron chi connectivity index (χ3n) is 4.22. The summed E-state index contributed by atoms with van der Waals surface area (Å²) < 4.78 is 5.41. The zero-order chi connectivity index (χ0) is 13.7. The molecule has 0 radical (unpaired) electrons. The summed E-state index contributed by atoms with van der Waals surface area (Å²) in [6.07, 6.45) is 3.52. The summed E-state index contributed by atoms with van der Waals surface area (Å²) in [5.41, 5.74) is 0. The Morgan fingerprint density at radius 2 is 2.11 bits per heavy atom. The first-order valence-corrected chi connectivity index (χ1v) is 7.46. The minimum Gasteiger partial charge on any atom is -0.393 e. The zero-order valence-electron chi connectivity index (χ0n) is 11.8. The van der Waals surface area contributed by atoms with Gasteiger partial charge in [-0.1, -0.05) is 0 Å². The van der Waals surface area contributed by atoms with Crippen LogP contribution in [0.25, 0.3) is 0 Å². The molecule has 1 amide bonds. The minimum absolute atomic E-state index is 0.0325. The minimum atomic E-state index is -0.111. The van der Waals surface area contributed by atoms with Crippen LogP contribution in [0.4, 0.5) is 0 Å². The van der Waals surface area contributed by atoms with Crippen LogP contribution in [-0.4, -0.2) is 60.9 Å². The Hall–Kier alpha value is -0.650. The van der Waals surface area contributed by atoms with Gasteiger partial charge >= 0.3 is 0 Å². The number of carbonyl (C=O) groups is 1. The first kappa shape index (κ1) is 14.8. The number of aliphatic hydroxyl groups excluding tert-OH is 1. The Bertz CT molecular complexity index is 290. The van der Waals surface area contributed by atoms with Gasteiger partial charge in [0.25, 0.3) is 0 Å². The van der Waals surface area contributed by atoms with E-state index in [1.54, 1.807) is 0 Å². The maximum absolute atomic E-state index is 11.9. The van der Waals surface area contributed by atoms with Crippen LogP contribution in [0.3, 0.4) is 0 Å². The molecule has 0 spiro atoms. The normalized spacial score (nSPS) is 29.6. The molecule has 2 N–H and O–H groups in total. The van der Waals surface area contributed by atoms with Gasteiger partial charge in [0, 0.05) is 26.2 Å². The lowest BCUT2D eigenvalue weighted by Crippen LogP contribution is -2.39. The summed E-state index contributed by atoms with van der Waals surface area (Å²) in [7, 11) is 0. The molecule has 2 unspecified atom stereocenters. The topological polar surface area (TPSA) is 61.8 Å². The average Bonchev–Trinajstić information content (AvgIpc) is 2.83. The molecule has 2 saturated heterocycles. The monoisotopic (exact) mass is 270 g/mol. The van der Waals surface area contributed by atoms with Gasteiger partial charge in [0.05, 0.1) is 18.1 Å². The number of ether oxygens (including phenoxy) is 1. The van der Waals surface area contributed by atoms with Crippen LogP contribution in [-0.2, 0) is 9.53 Å². The lowest BCUT2D eigenvalue weighted by atomic mass is 10.0. The van der Waals surface area contributed by atoms with Gasteiger partial charge < -0.3 is 20.1 Å². The van der Waals surface area contributed by atoms with Crippen molar-refractivity contribution in [3.8, 4) is 0 Å². The molecule has 2 aliphatic heterocycles. The highest BCUT2D eigenvalue weighted by atomic mass is 16.5. The summed E-state index contributed by atoms with van der Waals surface area (Å²) in [6, 6.07) is 0. The van der Waals surface area contributed by atoms with E-state index in [1.165, 1.54) is 0 Å². The molecule has 0 aromatic carbocycles. The third kappa shape index (κ3) is 4.44. The summed E-state index contributed by atoms with van der Waals surface area (Å²) in [6.45, 7) is 6.36. The van der Waals surface area contributed by atoms with Gasteiger partial charge in [0.15, 0.2) is 0 Å². The van der Waals surface area contributed by atoms with Crippen molar-refractivity contribution < 1.29 is 14.6 Å². The molecule has 2 heterocycles. The average molecular weight is 270 g/mol. The van der Waals surface area contributed by atoms with Gasteiger partial charge in [-0.05, 0) is 39.2 Å². The summed E-state index contributed by atoms with van der Waals surface area (Å²) in [5.74, 6) is 0.171. The van der Waals surface area contributed by atoms with Crippen LogP contribution in [0.5, 0.6) is 0 Å². The fourth-order valence-corrected chi connectivity index (χ4v) is 2.86. The van der Waals surface area contributed by atoms with Crippen molar-refractivity contribution in [1.82, 2.24) is 10.2 Å². The highest BCUT2D eigenvalue weighted by molar-refractivity contribution is 5.79. The number of hydrogen-bond acceptors (Lipinski definition) is 4. The summed E-state index contributed by atoms with van der Waals surface area (Å²) in [5, 5.41) is 12.4. The molecule has 0 saturated carbocycles. The molecular weight excluding hydrogens is 244 g/mol. The van der Waals surface area contributed by atoms with E-state index in [9.17, 15) is 9.90 Å². The lowest BCUT2D eigenvalue weighted by Gasteiger charge is -2.29. The number of likely N-dealkylation sites (tertiary alicyclic amines) is 1. The van der Waals surface area contributed by atoms with Crippen LogP contribution >= 0.6 is 0 Å². The van der Waals surface area contributed by atoms with Crippen molar-refractivity contribution in [2.75, 3.05) is 32.8 Å². The van der Waals surface area contributed by atoms with Gasteiger partial charge in [-0.3, -0.25) is 4.79 Å².